The second-order valence-electron chi connectivity index (χ2n) is 5.74. The van der Waals surface area contributed by atoms with E-state index in [1.54, 1.807) is 18.2 Å². The first-order valence-electron chi connectivity index (χ1n) is 8.26. The van der Waals surface area contributed by atoms with Gasteiger partial charge in [-0.25, -0.2) is 9.07 Å². The van der Waals surface area contributed by atoms with Crippen molar-refractivity contribution in [1.82, 2.24) is 15.0 Å². The zero-order chi connectivity index (χ0) is 19.2. The van der Waals surface area contributed by atoms with Crippen LogP contribution in [-0.4, -0.2) is 27.8 Å². The number of oxime groups is 1. The molecule has 0 spiro atoms. The first-order chi connectivity index (χ1) is 13.1. The van der Waals surface area contributed by atoms with Crippen molar-refractivity contribution in [3.63, 3.8) is 0 Å². The van der Waals surface area contributed by atoms with Gasteiger partial charge in [0.15, 0.2) is 11.5 Å². The lowest BCUT2D eigenvalue weighted by atomic mass is 10.1. The van der Waals surface area contributed by atoms with Crippen molar-refractivity contribution in [2.24, 2.45) is 5.16 Å². The van der Waals surface area contributed by atoms with Gasteiger partial charge in [-0.15, -0.1) is 5.10 Å². The molecule has 0 aliphatic heterocycles. The topological polar surface area (TPSA) is 61.5 Å². The molecule has 0 atom stereocenters. The molecule has 0 radical (unpaired) electrons. The number of ether oxygens (including phenoxy) is 1. The predicted octanol–water partition coefficient (Wildman–Crippen LogP) is 3.96. The summed E-state index contributed by atoms with van der Waals surface area (Å²) in [7, 11) is 1.53. The summed E-state index contributed by atoms with van der Waals surface area (Å²) < 4.78 is 20.7. The summed E-state index contributed by atoms with van der Waals surface area (Å²) in [4.78, 5) is 5.44. The van der Waals surface area contributed by atoms with Gasteiger partial charge < -0.3 is 9.57 Å². The summed E-state index contributed by atoms with van der Waals surface area (Å²) in [6.07, 6.45) is 0. The van der Waals surface area contributed by atoms with Crippen molar-refractivity contribution < 1.29 is 14.0 Å². The largest absolute Gasteiger partial charge is 0.378 e. The summed E-state index contributed by atoms with van der Waals surface area (Å²) in [6.45, 7) is 5.85. The molecule has 2 aromatic carbocycles. The molecule has 0 unspecified atom stereocenters. The normalized spacial score (nSPS) is 11.4. The summed E-state index contributed by atoms with van der Waals surface area (Å²) in [5.74, 6) is -0.226. The van der Waals surface area contributed by atoms with Crippen LogP contribution in [0.1, 0.15) is 23.9 Å². The molecule has 0 saturated carbocycles. The van der Waals surface area contributed by atoms with Crippen LogP contribution in [0.4, 0.5) is 4.39 Å². The molecule has 0 N–H and O–H groups in total. The number of aromatic nitrogens is 3. The highest BCUT2D eigenvalue weighted by Crippen LogP contribution is 2.22. The molecule has 0 aliphatic carbocycles. The Morgan fingerprint density at radius 3 is 2.56 bits per heavy atom. The minimum Gasteiger partial charge on any atom is -0.378 e. The minimum absolute atomic E-state index is 0.153. The fraction of sp³-hybridized carbons (Fsp3) is 0.150. The van der Waals surface area contributed by atoms with Crippen molar-refractivity contribution in [1.29, 1.82) is 0 Å². The molecule has 0 aliphatic rings. The van der Waals surface area contributed by atoms with Crippen LogP contribution in [0, 0.1) is 5.82 Å². The summed E-state index contributed by atoms with van der Waals surface area (Å²) >= 11 is 0. The zero-order valence-electron chi connectivity index (χ0n) is 15.1. The van der Waals surface area contributed by atoms with Crippen LogP contribution < -0.4 is 0 Å². The maximum Gasteiger partial charge on any atom is 0.180 e. The van der Waals surface area contributed by atoms with Gasteiger partial charge in [-0.1, -0.05) is 59.4 Å². The second-order valence-corrected chi connectivity index (χ2v) is 5.74. The number of para-hydroxylation sites is 1. The standard InChI is InChI=1S/C20H19FN4O2/c1-14(16-9-5-4-6-10-16)23-27-15(2)20-19(13-26-3)25(24-22-20)18-12-8-7-11-17(18)21/h4-12H,2,13H2,1,3H3/b23-14+. The van der Waals surface area contributed by atoms with Gasteiger partial charge in [0.25, 0.3) is 0 Å². The summed E-state index contributed by atoms with van der Waals surface area (Å²) in [5, 5.41) is 12.2. The van der Waals surface area contributed by atoms with E-state index in [9.17, 15) is 4.39 Å². The van der Waals surface area contributed by atoms with Gasteiger partial charge in [-0.2, -0.15) is 0 Å². The monoisotopic (exact) mass is 366 g/mol. The molecule has 0 amide bonds. The maximum atomic E-state index is 14.1. The summed E-state index contributed by atoms with van der Waals surface area (Å²) in [5.41, 5.74) is 2.74. The third kappa shape index (κ3) is 4.09. The van der Waals surface area contributed by atoms with Crippen LogP contribution in [0.2, 0.25) is 0 Å². The quantitative estimate of drug-likeness (QED) is 0.361. The Balaban J connectivity index is 1.88. The molecule has 138 valence electrons. The highest BCUT2D eigenvalue weighted by atomic mass is 19.1. The Labute approximate surface area is 156 Å². The first-order valence-corrected chi connectivity index (χ1v) is 8.26. The first kappa shape index (κ1) is 18.5. The van der Waals surface area contributed by atoms with E-state index in [1.807, 2.05) is 37.3 Å². The molecule has 3 rings (SSSR count). The Morgan fingerprint density at radius 2 is 1.85 bits per heavy atom. The van der Waals surface area contributed by atoms with Crippen LogP contribution in [0.25, 0.3) is 11.4 Å². The van der Waals surface area contributed by atoms with Crippen LogP contribution in [0.3, 0.4) is 0 Å². The van der Waals surface area contributed by atoms with Crippen LogP contribution in [-0.2, 0) is 16.2 Å². The number of benzene rings is 2. The van der Waals surface area contributed by atoms with Gasteiger partial charge in [-0.05, 0) is 24.6 Å². The van der Waals surface area contributed by atoms with Crippen LogP contribution >= 0.6 is 0 Å². The molecule has 0 fully saturated rings. The lowest BCUT2D eigenvalue weighted by molar-refractivity contribution is 0.178. The Kier molecular flexibility index (Phi) is 5.73. The molecule has 1 heterocycles. The maximum absolute atomic E-state index is 14.1. The fourth-order valence-electron chi connectivity index (χ4n) is 2.50. The molecule has 27 heavy (non-hydrogen) atoms. The van der Waals surface area contributed by atoms with E-state index in [-0.39, 0.29) is 18.1 Å². The van der Waals surface area contributed by atoms with Crippen molar-refractivity contribution in [2.45, 2.75) is 13.5 Å². The molecule has 7 heteroatoms. The Bertz CT molecular complexity index is 967. The van der Waals surface area contributed by atoms with Crippen molar-refractivity contribution >= 4 is 11.5 Å². The van der Waals surface area contributed by atoms with Crippen LogP contribution in [0.5, 0.6) is 0 Å². The van der Waals surface area contributed by atoms with Crippen molar-refractivity contribution in [3.8, 4) is 5.69 Å². The Morgan fingerprint density at radius 1 is 1.15 bits per heavy atom. The van der Waals surface area contributed by atoms with Gasteiger partial charge in [-0.3, -0.25) is 0 Å². The highest BCUT2D eigenvalue weighted by molar-refractivity contribution is 5.98. The molecular formula is C20H19FN4O2. The predicted molar refractivity (Wildman–Crippen MR) is 101 cm³/mol. The van der Waals surface area contributed by atoms with Crippen molar-refractivity contribution in [2.75, 3.05) is 7.11 Å². The lowest BCUT2D eigenvalue weighted by Crippen LogP contribution is -2.07. The lowest BCUT2D eigenvalue weighted by Gasteiger charge is -2.08. The van der Waals surface area contributed by atoms with E-state index < -0.39 is 5.82 Å². The number of nitrogens with zero attached hydrogens (tertiary/aromatic N) is 4. The van der Waals surface area contributed by atoms with Gasteiger partial charge in [0.2, 0.25) is 0 Å². The van der Waals surface area contributed by atoms with E-state index in [0.29, 0.717) is 17.1 Å². The highest BCUT2D eigenvalue weighted by Gasteiger charge is 2.20. The van der Waals surface area contributed by atoms with E-state index in [0.717, 1.165) is 5.56 Å². The van der Waals surface area contributed by atoms with E-state index >= 15 is 0 Å². The average molecular weight is 366 g/mol. The Hall–Kier alpha value is -3.32. The van der Waals surface area contributed by atoms with Gasteiger partial charge in [0.1, 0.15) is 17.2 Å². The zero-order valence-corrected chi connectivity index (χ0v) is 15.1. The third-order valence-corrected chi connectivity index (χ3v) is 3.87. The number of hydrogen-bond acceptors (Lipinski definition) is 5. The van der Waals surface area contributed by atoms with Gasteiger partial charge in [0.05, 0.1) is 12.3 Å². The SMILES string of the molecule is C=C(O/N=C(\C)c1ccccc1)c1nnn(-c2ccccc2F)c1COC. The molecular weight excluding hydrogens is 347 g/mol. The number of halogens is 1. The molecule has 1 aromatic heterocycles. The van der Waals surface area contributed by atoms with Gasteiger partial charge >= 0.3 is 0 Å². The van der Waals surface area contributed by atoms with E-state index in [4.69, 9.17) is 9.57 Å². The van der Waals surface area contributed by atoms with E-state index in [2.05, 4.69) is 22.0 Å². The fourth-order valence-corrected chi connectivity index (χ4v) is 2.50. The van der Waals surface area contributed by atoms with Crippen molar-refractivity contribution in [3.05, 3.63) is 83.9 Å². The second kappa shape index (κ2) is 8.37. The smallest absolute Gasteiger partial charge is 0.180 e. The van der Waals surface area contributed by atoms with E-state index in [1.165, 1.54) is 17.9 Å². The minimum atomic E-state index is -0.421. The average Bonchev–Trinajstić information content (AvgIpc) is 3.11. The molecule has 6 nitrogen and oxygen atoms in total. The number of rotatable bonds is 7. The molecule has 0 saturated heterocycles. The van der Waals surface area contributed by atoms with Crippen LogP contribution in [0.15, 0.2) is 66.3 Å². The summed E-state index contributed by atoms with van der Waals surface area (Å²) in [6, 6.07) is 15.9. The number of methoxy groups -OCH3 is 1. The van der Waals surface area contributed by atoms with Gasteiger partial charge in [0, 0.05) is 7.11 Å². The third-order valence-electron chi connectivity index (χ3n) is 3.87. The number of hydrogen-bond donors (Lipinski definition) is 0. The molecule has 0 bridgehead atoms. The molecule has 3 aromatic rings.